The van der Waals surface area contributed by atoms with Gasteiger partial charge in [-0.1, -0.05) is 12.5 Å². The molecule has 0 rings (SSSR count). The van der Waals surface area contributed by atoms with Gasteiger partial charge in [0.15, 0.2) is 0 Å². The Hall–Kier alpha value is -0.960. The van der Waals surface area contributed by atoms with E-state index in [-0.39, 0.29) is 0 Å². The third-order valence-electron chi connectivity index (χ3n) is 1.48. The van der Waals surface area contributed by atoms with Crippen molar-refractivity contribution in [3.63, 3.8) is 0 Å². The van der Waals surface area contributed by atoms with Crippen LogP contribution in [0.3, 0.4) is 0 Å². The van der Waals surface area contributed by atoms with Gasteiger partial charge in [0.05, 0.1) is 6.10 Å². The van der Waals surface area contributed by atoms with Crippen molar-refractivity contribution in [3.05, 3.63) is 12.2 Å². The fourth-order valence-corrected chi connectivity index (χ4v) is 0.851. The van der Waals surface area contributed by atoms with Crippen molar-refractivity contribution in [2.75, 3.05) is 0 Å². The largest absolute Gasteiger partial charge is 0.389 e. The van der Waals surface area contributed by atoms with Gasteiger partial charge >= 0.3 is 0 Å². The number of allylic oxidation sites excluding steroid dienone is 1. The summed E-state index contributed by atoms with van der Waals surface area (Å²) in [6, 6.07) is 0. The molecule has 0 radical (unpaired) electrons. The van der Waals surface area contributed by atoms with Crippen LogP contribution in [0.2, 0.25) is 0 Å². The van der Waals surface area contributed by atoms with Gasteiger partial charge in [0, 0.05) is 6.42 Å². The summed E-state index contributed by atoms with van der Waals surface area (Å²) in [5, 5.41) is 9.15. The van der Waals surface area contributed by atoms with Gasteiger partial charge in [-0.2, -0.15) is 0 Å². The highest BCUT2D eigenvalue weighted by molar-refractivity contribution is 5.64. The fourth-order valence-electron chi connectivity index (χ4n) is 0.851. The van der Waals surface area contributed by atoms with E-state index in [1.54, 1.807) is 0 Å². The quantitative estimate of drug-likeness (QED) is 0.350. The lowest BCUT2D eigenvalue weighted by Gasteiger charge is -2.02. The maximum Gasteiger partial charge on any atom is 0.142 e. The van der Waals surface area contributed by atoms with Crippen LogP contribution in [0.15, 0.2) is 12.2 Å². The Kier molecular flexibility index (Phi) is 7.49. The molecule has 1 unspecified atom stereocenters. The number of aldehydes is 2. The molecular weight excluding hydrogens is 156 g/mol. The van der Waals surface area contributed by atoms with E-state index >= 15 is 0 Å². The molecular formula is C9H14O3. The summed E-state index contributed by atoms with van der Waals surface area (Å²) >= 11 is 0. The molecule has 3 nitrogen and oxygen atoms in total. The highest BCUT2D eigenvalue weighted by atomic mass is 16.3. The van der Waals surface area contributed by atoms with Gasteiger partial charge in [-0.3, -0.25) is 4.79 Å². The van der Waals surface area contributed by atoms with Crippen LogP contribution in [-0.2, 0) is 9.59 Å². The Morgan fingerprint density at radius 2 is 2.00 bits per heavy atom. The molecule has 0 fully saturated rings. The monoisotopic (exact) mass is 170 g/mol. The zero-order valence-electron chi connectivity index (χ0n) is 6.98. The maximum absolute atomic E-state index is 9.90. The van der Waals surface area contributed by atoms with Crippen molar-refractivity contribution in [1.82, 2.24) is 0 Å². The number of hydrogen-bond acceptors (Lipinski definition) is 3. The molecule has 0 saturated heterocycles. The first-order chi connectivity index (χ1) is 5.81. The van der Waals surface area contributed by atoms with Crippen LogP contribution in [0.1, 0.15) is 25.7 Å². The number of aliphatic hydroxyl groups is 1. The molecule has 1 N–H and O–H groups in total. The van der Waals surface area contributed by atoms with Crippen LogP contribution >= 0.6 is 0 Å². The van der Waals surface area contributed by atoms with Crippen molar-refractivity contribution in [3.8, 4) is 0 Å². The lowest BCUT2D eigenvalue weighted by Crippen LogP contribution is -2.01. The van der Waals surface area contributed by atoms with E-state index < -0.39 is 6.10 Å². The van der Waals surface area contributed by atoms with E-state index in [0.29, 0.717) is 19.1 Å². The lowest BCUT2D eigenvalue weighted by molar-refractivity contribution is -0.108. The average molecular weight is 170 g/mol. The Balaban J connectivity index is 3.30. The van der Waals surface area contributed by atoms with Gasteiger partial charge in [-0.15, -0.1) is 0 Å². The van der Waals surface area contributed by atoms with Gasteiger partial charge in [0.1, 0.15) is 12.6 Å². The van der Waals surface area contributed by atoms with Gasteiger partial charge < -0.3 is 9.90 Å². The van der Waals surface area contributed by atoms with Gasteiger partial charge in [0.2, 0.25) is 0 Å². The Morgan fingerprint density at radius 3 is 2.58 bits per heavy atom. The van der Waals surface area contributed by atoms with E-state index in [1.165, 1.54) is 12.2 Å². The van der Waals surface area contributed by atoms with Crippen molar-refractivity contribution < 1.29 is 14.7 Å². The van der Waals surface area contributed by atoms with Crippen LogP contribution in [0.4, 0.5) is 0 Å². The van der Waals surface area contributed by atoms with Crippen molar-refractivity contribution in [1.29, 1.82) is 0 Å². The Bertz CT molecular complexity index is 152. The van der Waals surface area contributed by atoms with Crippen LogP contribution in [0.5, 0.6) is 0 Å². The standard InChI is InChI=1S/C9H14O3/c10-7-3-1-2-5-9(12)6-4-8-11/h4,6-9,12H,1-3,5H2. The highest BCUT2D eigenvalue weighted by Crippen LogP contribution is 2.03. The zero-order chi connectivity index (χ0) is 9.23. The molecule has 3 heteroatoms. The summed E-state index contributed by atoms with van der Waals surface area (Å²) in [6.45, 7) is 0. The van der Waals surface area contributed by atoms with E-state index in [0.717, 1.165) is 19.1 Å². The molecule has 0 spiro atoms. The summed E-state index contributed by atoms with van der Waals surface area (Å²) in [6.07, 6.45) is 6.45. The smallest absolute Gasteiger partial charge is 0.142 e. The summed E-state index contributed by atoms with van der Waals surface area (Å²) < 4.78 is 0. The second kappa shape index (κ2) is 8.14. The summed E-state index contributed by atoms with van der Waals surface area (Å²) in [7, 11) is 0. The predicted molar refractivity (Wildman–Crippen MR) is 45.7 cm³/mol. The van der Waals surface area contributed by atoms with Crippen LogP contribution < -0.4 is 0 Å². The molecule has 0 aliphatic rings. The first-order valence-electron chi connectivity index (χ1n) is 4.05. The van der Waals surface area contributed by atoms with E-state index in [2.05, 4.69) is 0 Å². The number of aliphatic hydroxyl groups excluding tert-OH is 1. The minimum Gasteiger partial charge on any atom is -0.389 e. The van der Waals surface area contributed by atoms with E-state index in [4.69, 9.17) is 5.11 Å². The highest BCUT2D eigenvalue weighted by Gasteiger charge is 1.97. The average Bonchev–Trinajstić information content (AvgIpc) is 2.09. The van der Waals surface area contributed by atoms with Crippen molar-refractivity contribution in [2.45, 2.75) is 31.8 Å². The molecule has 0 amide bonds. The zero-order valence-corrected chi connectivity index (χ0v) is 6.98. The Morgan fingerprint density at radius 1 is 1.25 bits per heavy atom. The number of carbonyl (C=O) groups excluding carboxylic acids is 2. The number of hydrogen-bond donors (Lipinski definition) is 1. The minimum atomic E-state index is -0.554. The molecule has 0 aromatic carbocycles. The molecule has 68 valence electrons. The molecule has 1 atom stereocenters. The summed E-state index contributed by atoms with van der Waals surface area (Å²) in [5.41, 5.74) is 0. The molecule has 0 heterocycles. The maximum atomic E-state index is 9.90. The lowest BCUT2D eigenvalue weighted by atomic mass is 10.1. The molecule has 0 aliphatic carbocycles. The Labute approximate surface area is 72.1 Å². The third-order valence-corrected chi connectivity index (χ3v) is 1.48. The van der Waals surface area contributed by atoms with Gasteiger partial charge in [-0.25, -0.2) is 0 Å². The first kappa shape index (κ1) is 11.0. The molecule has 0 aromatic rings. The number of unbranched alkanes of at least 4 members (excludes halogenated alkanes) is 2. The minimum absolute atomic E-state index is 0.546. The van der Waals surface area contributed by atoms with Gasteiger partial charge in [-0.05, 0) is 18.9 Å². The second-order valence-electron chi connectivity index (χ2n) is 2.54. The fraction of sp³-hybridized carbons (Fsp3) is 0.556. The third kappa shape index (κ3) is 7.15. The number of carbonyl (C=O) groups is 2. The molecule has 0 aliphatic heterocycles. The first-order valence-corrected chi connectivity index (χ1v) is 4.05. The predicted octanol–water partition coefficient (Wildman–Crippen LogP) is 0.862. The summed E-state index contributed by atoms with van der Waals surface area (Å²) in [4.78, 5) is 19.7. The normalized spacial score (nSPS) is 13.1. The molecule has 0 aromatic heterocycles. The number of rotatable bonds is 7. The van der Waals surface area contributed by atoms with Crippen molar-refractivity contribution in [2.24, 2.45) is 0 Å². The van der Waals surface area contributed by atoms with Gasteiger partial charge in [0.25, 0.3) is 0 Å². The van der Waals surface area contributed by atoms with Crippen LogP contribution in [0.25, 0.3) is 0 Å². The van der Waals surface area contributed by atoms with E-state index in [1.807, 2.05) is 0 Å². The topological polar surface area (TPSA) is 54.4 Å². The van der Waals surface area contributed by atoms with Crippen LogP contribution in [0, 0.1) is 0 Å². The molecule has 0 saturated carbocycles. The van der Waals surface area contributed by atoms with E-state index in [9.17, 15) is 9.59 Å². The molecule has 0 bridgehead atoms. The molecule has 12 heavy (non-hydrogen) atoms. The summed E-state index contributed by atoms with van der Waals surface area (Å²) in [5.74, 6) is 0. The van der Waals surface area contributed by atoms with Crippen LogP contribution in [-0.4, -0.2) is 23.8 Å². The second-order valence-corrected chi connectivity index (χ2v) is 2.54. The SMILES string of the molecule is O=CC=CC(O)CCCCC=O. The van der Waals surface area contributed by atoms with Crippen molar-refractivity contribution >= 4 is 12.6 Å².